The van der Waals surface area contributed by atoms with Crippen molar-refractivity contribution in [2.75, 3.05) is 13.1 Å². The van der Waals surface area contributed by atoms with Gasteiger partial charge in [0, 0.05) is 24.6 Å². The molecule has 6 nitrogen and oxygen atoms in total. The number of nitrogens with zero attached hydrogens (tertiary/aromatic N) is 3. The predicted molar refractivity (Wildman–Crippen MR) is 107 cm³/mol. The normalized spacial score (nSPS) is 16.5. The van der Waals surface area contributed by atoms with E-state index in [0.29, 0.717) is 47.8 Å². The smallest absolute Gasteiger partial charge is 0.339 e. The van der Waals surface area contributed by atoms with Crippen molar-refractivity contribution in [3.8, 4) is 11.4 Å². The second kappa shape index (κ2) is 8.08. The Hall–Kier alpha value is -2.72. The van der Waals surface area contributed by atoms with Crippen LogP contribution in [0.2, 0.25) is 0 Å². The molecule has 0 N–H and O–H groups in total. The second-order valence-electron chi connectivity index (χ2n) is 7.48. The van der Waals surface area contributed by atoms with Crippen LogP contribution in [0.15, 0.2) is 57.9 Å². The molecule has 164 valence electrons. The van der Waals surface area contributed by atoms with E-state index in [2.05, 4.69) is 10.1 Å². The lowest BCUT2D eigenvalue weighted by atomic mass is 9.98. The fourth-order valence-corrected chi connectivity index (χ4v) is 5.35. The molecule has 1 aliphatic heterocycles. The number of rotatable bonds is 4. The molecule has 0 bridgehead atoms. The molecule has 0 saturated carbocycles. The van der Waals surface area contributed by atoms with E-state index in [1.54, 1.807) is 31.2 Å². The van der Waals surface area contributed by atoms with Gasteiger partial charge in [-0.05, 0) is 43.5 Å². The molecule has 4 rings (SSSR count). The molecular weight excluding hydrogens is 431 g/mol. The molecular formula is C21H20F3N3O3S. The quantitative estimate of drug-likeness (QED) is 0.578. The Kier molecular flexibility index (Phi) is 5.61. The molecule has 2 heterocycles. The first-order valence-corrected chi connectivity index (χ1v) is 11.2. The highest BCUT2D eigenvalue weighted by atomic mass is 32.2. The van der Waals surface area contributed by atoms with Gasteiger partial charge in [0.2, 0.25) is 21.7 Å². The first-order chi connectivity index (χ1) is 14.7. The van der Waals surface area contributed by atoms with Crippen molar-refractivity contribution in [2.24, 2.45) is 0 Å². The van der Waals surface area contributed by atoms with E-state index in [-0.39, 0.29) is 11.7 Å². The maximum atomic E-state index is 12.9. The van der Waals surface area contributed by atoms with E-state index in [9.17, 15) is 21.6 Å². The Morgan fingerprint density at radius 3 is 2.29 bits per heavy atom. The minimum atomic E-state index is -4.41. The van der Waals surface area contributed by atoms with Crippen LogP contribution in [-0.4, -0.2) is 36.0 Å². The lowest BCUT2D eigenvalue weighted by Gasteiger charge is -2.30. The van der Waals surface area contributed by atoms with Gasteiger partial charge < -0.3 is 4.52 Å². The second-order valence-corrected chi connectivity index (χ2v) is 9.38. The lowest BCUT2D eigenvalue weighted by Crippen LogP contribution is -2.38. The molecule has 0 aliphatic carbocycles. The van der Waals surface area contributed by atoms with Gasteiger partial charge in [-0.2, -0.15) is 22.5 Å². The Balaban J connectivity index is 1.44. The summed E-state index contributed by atoms with van der Waals surface area (Å²) >= 11 is 0. The largest absolute Gasteiger partial charge is 0.416 e. The third kappa shape index (κ3) is 4.35. The van der Waals surface area contributed by atoms with E-state index in [1.165, 1.54) is 16.4 Å². The Morgan fingerprint density at radius 2 is 1.68 bits per heavy atom. The van der Waals surface area contributed by atoms with Crippen LogP contribution < -0.4 is 0 Å². The molecule has 0 amide bonds. The number of alkyl halides is 3. The summed E-state index contributed by atoms with van der Waals surface area (Å²) in [4.78, 5) is 4.63. The van der Waals surface area contributed by atoms with Crippen LogP contribution in [0.25, 0.3) is 11.4 Å². The summed E-state index contributed by atoms with van der Waals surface area (Å²) < 4.78 is 70.8. The summed E-state index contributed by atoms with van der Waals surface area (Å²) in [5.41, 5.74) is 0.368. The van der Waals surface area contributed by atoms with E-state index in [0.717, 1.165) is 12.1 Å². The Morgan fingerprint density at radius 1 is 1.03 bits per heavy atom. The van der Waals surface area contributed by atoms with Gasteiger partial charge in [0.25, 0.3) is 0 Å². The highest BCUT2D eigenvalue weighted by Gasteiger charge is 2.33. The number of sulfonamides is 1. The molecule has 31 heavy (non-hydrogen) atoms. The summed E-state index contributed by atoms with van der Waals surface area (Å²) in [5.74, 6) is 0.459. The van der Waals surface area contributed by atoms with Crippen LogP contribution >= 0.6 is 0 Å². The molecule has 10 heteroatoms. The number of piperidine rings is 1. The number of halogens is 3. The molecule has 3 aromatic rings. The van der Waals surface area contributed by atoms with Gasteiger partial charge >= 0.3 is 6.18 Å². The molecule has 2 aromatic carbocycles. The van der Waals surface area contributed by atoms with Crippen LogP contribution in [0, 0.1) is 6.92 Å². The number of hydrogen-bond donors (Lipinski definition) is 0. The van der Waals surface area contributed by atoms with Crippen molar-refractivity contribution in [3.05, 3.63) is 65.5 Å². The lowest BCUT2D eigenvalue weighted by molar-refractivity contribution is -0.137. The number of hydrogen-bond acceptors (Lipinski definition) is 5. The Bertz CT molecular complexity index is 1170. The molecule has 1 fully saturated rings. The zero-order valence-electron chi connectivity index (χ0n) is 16.6. The topological polar surface area (TPSA) is 76.3 Å². The van der Waals surface area contributed by atoms with Crippen molar-refractivity contribution < 1.29 is 26.1 Å². The molecule has 1 aromatic heterocycles. The summed E-state index contributed by atoms with van der Waals surface area (Å²) in [6.07, 6.45) is -3.38. The molecule has 1 aliphatic rings. The van der Waals surface area contributed by atoms with E-state index >= 15 is 0 Å². The van der Waals surface area contributed by atoms with Crippen LogP contribution in [0.4, 0.5) is 13.2 Å². The summed E-state index contributed by atoms with van der Waals surface area (Å²) in [7, 11) is -3.58. The van der Waals surface area contributed by atoms with Crippen LogP contribution in [0.3, 0.4) is 0 Å². The molecule has 0 unspecified atom stereocenters. The van der Waals surface area contributed by atoms with Crippen LogP contribution in [0.1, 0.15) is 35.8 Å². The van der Waals surface area contributed by atoms with Gasteiger partial charge in [0.15, 0.2) is 0 Å². The maximum Gasteiger partial charge on any atom is 0.416 e. The van der Waals surface area contributed by atoms with Crippen LogP contribution in [0.5, 0.6) is 0 Å². The minimum Gasteiger partial charge on any atom is -0.339 e. The predicted octanol–water partition coefficient (Wildman–Crippen LogP) is 4.63. The maximum absolute atomic E-state index is 12.9. The zero-order chi connectivity index (χ0) is 22.2. The third-order valence-corrected chi connectivity index (χ3v) is 7.49. The van der Waals surface area contributed by atoms with Crippen molar-refractivity contribution in [1.29, 1.82) is 0 Å². The first kappa shape index (κ1) is 21.5. The molecule has 1 saturated heterocycles. The van der Waals surface area contributed by atoms with Gasteiger partial charge in [-0.3, -0.25) is 0 Å². The van der Waals surface area contributed by atoms with Gasteiger partial charge in [0.1, 0.15) is 0 Å². The van der Waals surface area contributed by atoms with E-state index in [4.69, 9.17) is 4.52 Å². The van der Waals surface area contributed by atoms with Crippen molar-refractivity contribution >= 4 is 10.0 Å². The summed E-state index contributed by atoms with van der Waals surface area (Å²) in [6.45, 7) is 2.40. The highest BCUT2D eigenvalue weighted by Crippen LogP contribution is 2.33. The fourth-order valence-electron chi connectivity index (χ4n) is 3.65. The SMILES string of the molecule is Cc1ccccc1S(=O)(=O)N1CCC(c2nc(-c3ccc(C(F)(F)F)cc3)no2)CC1. The summed E-state index contributed by atoms with van der Waals surface area (Å²) in [5, 5.41) is 3.88. The van der Waals surface area contributed by atoms with Crippen molar-refractivity contribution in [3.63, 3.8) is 0 Å². The fraction of sp³-hybridized carbons (Fsp3) is 0.333. The van der Waals surface area contributed by atoms with Crippen molar-refractivity contribution in [1.82, 2.24) is 14.4 Å². The average Bonchev–Trinajstić information content (AvgIpc) is 3.24. The molecule has 0 radical (unpaired) electrons. The number of aryl methyl sites for hydroxylation is 1. The average molecular weight is 451 g/mol. The Labute approximate surface area is 177 Å². The molecule has 0 spiro atoms. The zero-order valence-corrected chi connectivity index (χ0v) is 17.4. The monoisotopic (exact) mass is 451 g/mol. The van der Waals surface area contributed by atoms with Gasteiger partial charge in [-0.15, -0.1) is 0 Å². The molecule has 0 atom stereocenters. The van der Waals surface area contributed by atoms with Gasteiger partial charge in [-0.1, -0.05) is 35.5 Å². The first-order valence-electron chi connectivity index (χ1n) is 9.73. The highest BCUT2D eigenvalue weighted by molar-refractivity contribution is 7.89. The van der Waals surface area contributed by atoms with E-state index in [1.807, 2.05) is 0 Å². The van der Waals surface area contributed by atoms with E-state index < -0.39 is 21.8 Å². The number of aromatic nitrogens is 2. The van der Waals surface area contributed by atoms with Crippen LogP contribution in [-0.2, 0) is 16.2 Å². The standard InChI is InChI=1S/C21H20F3N3O3S/c1-14-4-2-3-5-18(14)31(28,29)27-12-10-16(11-13-27)20-25-19(26-30-20)15-6-8-17(9-7-15)21(22,23)24/h2-9,16H,10-13H2,1H3. The number of benzene rings is 2. The van der Waals surface area contributed by atoms with Gasteiger partial charge in [-0.25, -0.2) is 8.42 Å². The van der Waals surface area contributed by atoms with Crippen molar-refractivity contribution in [2.45, 2.75) is 36.8 Å². The third-order valence-electron chi connectivity index (χ3n) is 5.43. The van der Waals surface area contributed by atoms with Gasteiger partial charge in [0.05, 0.1) is 10.5 Å². The summed E-state index contributed by atoms with van der Waals surface area (Å²) in [6, 6.07) is 11.4. The minimum absolute atomic E-state index is 0.112.